The highest BCUT2D eigenvalue weighted by Crippen LogP contribution is 2.33. The predicted molar refractivity (Wildman–Crippen MR) is 216 cm³/mol. The summed E-state index contributed by atoms with van der Waals surface area (Å²) >= 11 is 0. The van der Waals surface area contributed by atoms with Crippen molar-refractivity contribution in [3.63, 3.8) is 0 Å². The number of nitro groups is 1. The van der Waals surface area contributed by atoms with Gasteiger partial charge in [0, 0.05) is 68.2 Å². The number of benzene rings is 4. The molecule has 63 heavy (non-hydrogen) atoms. The van der Waals surface area contributed by atoms with Crippen LogP contribution in [-0.4, -0.2) is 82.9 Å². The van der Waals surface area contributed by atoms with Crippen molar-refractivity contribution in [2.24, 2.45) is 0 Å². The van der Waals surface area contributed by atoms with E-state index in [4.69, 9.17) is 18.9 Å². The summed E-state index contributed by atoms with van der Waals surface area (Å²) in [5.74, 6) is 1.14. The van der Waals surface area contributed by atoms with E-state index in [1.165, 1.54) is 54.7 Å². The largest absolute Gasteiger partial charge is 0.573 e. The van der Waals surface area contributed by atoms with Gasteiger partial charge in [-0.05, 0) is 109 Å². The number of anilines is 2. The second-order valence-corrected chi connectivity index (χ2v) is 15.3. The topological polar surface area (TPSA) is 143 Å². The van der Waals surface area contributed by atoms with Crippen LogP contribution in [0.15, 0.2) is 103 Å². The van der Waals surface area contributed by atoms with E-state index in [2.05, 4.69) is 24.3 Å². The molecule has 1 atom stereocenters. The molecule has 336 valence electrons. The molecule has 0 aliphatic carbocycles. The first-order chi connectivity index (χ1) is 29.9. The molecule has 0 radical (unpaired) electrons. The van der Waals surface area contributed by atoms with Gasteiger partial charge >= 0.3 is 24.6 Å². The van der Waals surface area contributed by atoms with E-state index in [9.17, 15) is 41.6 Å². The van der Waals surface area contributed by atoms with Crippen molar-refractivity contribution < 1.29 is 64.8 Å². The molecule has 0 amide bonds. The van der Waals surface area contributed by atoms with Crippen molar-refractivity contribution in [3.8, 4) is 40.5 Å². The van der Waals surface area contributed by atoms with Crippen LogP contribution < -0.4 is 38.2 Å². The van der Waals surface area contributed by atoms with Gasteiger partial charge in [0.05, 0.1) is 6.54 Å². The molecule has 0 unspecified atom stereocenters. The molecular formula is C43H43F6N5O9. The number of hydrogen-bond acceptors (Lipinski definition) is 12. The number of aromatic nitrogens is 2. The average molecular weight is 888 g/mol. The van der Waals surface area contributed by atoms with Gasteiger partial charge in [-0.25, -0.2) is 0 Å². The Morgan fingerprint density at radius 2 is 1.11 bits per heavy atom. The number of phenols is 1. The van der Waals surface area contributed by atoms with Crippen molar-refractivity contribution in [1.29, 1.82) is 0 Å². The number of ether oxygens (including phenoxy) is 6. The molecule has 0 saturated carbocycles. The smallest absolute Gasteiger partial charge is 0.508 e. The molecule has 4 aromatic carbocycles. The molecule has 3 aliphatic heterocycles. The fourth-order valence-corrected chi connectivity index (χ4v) is 7.30. The summed E-state index contributed by atoms with van der Waals surface area (Å²) in [6, 6.07) is 25.8. The van der Waals surface area contributed by atoms with E-state index in [-0.39, 0.29) is 47.9 Å². The van der Waals surface area contributed by atoms with Gasteiger partial charge in [-0.15, -0.1) is 26.3 Å². The highest BCUT2D eigenvalue weighted by atomic mass is 19.4. The van der Waals surface area contributed by atoms with Gasteiger partial charge in [-0.2, -0.15) is 0 Å². The van der Waals surface area contributed by atoms with Crippen LogP contribution in [0.3, 0.4) is 0 Å². The zero-order chi connectivity index (χ0) is 44.8. The third-order valence-electron chi connectivity index (χ3n) is 10.3. The molecule has 3 aliphatic rings. The number of alkyl halides is 6. The maximum atomic E-state index is 12.3. The van der Waals surface area contributed by atoms with Crippen LogP contribution in [0.1, 0.15) is 32.6 Å². The summed E-state index contributed by atoms with van der Waals surface area (Å²) in [5.41, 5.74) is 1.40. The summed E-state index contributed by atoms with van der Waals surface area (Å²) in [5, 5.41) is 20.2. The Morgan fingerprint density at radius 1 is 0.698 bits per heavy atom. The van der Waals surface area contributed by atoms with E-state index in [1.807, 2.05) is 43.3 Å². The zero-order valence-electron chi connectivity index (χ0n) is 33.8. The number of imidazole rings is 1. The molecule has 0 bridgehead atoms. The normalized spacial score (nSPS) is 18.1. The number of halogens is 6. The third kappa shape index (κ3) is 12.7. The maximum Gasteiger partial charge on any atom is 0.573 e. The van der Waals surface area contributed by atoms with Crippen LogP contribution in [0.2, 0.25) is 0 Å². The third-order valence-corrected chi connectivity index (χ3v) is 10.3. The van der Waals surface area contributed by atoms with Crippen LogP contribution in [0.5, 0.6) is 40.5 Å². The highest BCUT2D eigenvalue weighted by molar-refractivity contribution is 5.50. The summed E-state index contributed by atoms with van der Waals surface area (Å²) in [6.07, 6.45) is -4.93. The van der Waals surface area contributed by atoms with E-state index < -0.39 is 23.2 Å². The number of rotatable bonds is 12. The van der Waals surface area contributed by atoms with Crippen molar-refractivity contribution in [3.05, 3.63) is 113 Å². The first-order valence-corrected chi connectivity index (χ1v) is 19.9. The summed E-state index contributed by atoms with van der Waals surface area (Å²) in [7, 11) is 0. The highest BCUT2D eigenvalue weighted by Gasteiger charge is 2.41. The van der Waals surface area contributed by atoms with Gasteiger partial charge < -0.3 is 53.4 Å². The van der Waals surface area contributed by atoms with E-state index in [0.29, 0.717) is 23.8 Å². The number of aromatic hydroxyl groups is 1. The lowest BCUT2D eigenvalue weighted by Gasteiger charge is -2.33. The molecule has 2 saturated heterocycles. The lowest BCUT2D eigenvalue weighted by atomic mass is 10.1. The van der Waals surface area contributed by atoms with E-state index in [1.54, 1.807) is 16.7 Å². The van der Waals surface area contributed by atoms with Crippen LogP contribution in [-0.2, 0) is 6.54 Å². The second-order valence-electron chi connectivity index (χ2n) is 15.3. The van der Waals surface area contributed by atoms with Crippen LogP contribution >= 0.6 is 0 Å². The van der Waals surface area contributed by atoms with Crippen molar-refractivity contribution in [2.75, 3.05) is 42.6 Å². The second kappa shape index (κ2) is 18.7. The Morgan fingerprint density at radius 3 is 1.52 bits per heavy atom. The van der Waals surface area contributed by atoms with Crippen LogP contribution in [0, 0.1) is 10.1 Å². The minimum Gasteiger partial charge on any atom is -0.508 e. The first kappa shape index (κ1) is 44.3. The van der Waals surface area contributed by atoms with Crippen molar-refractivity contribution >= 4 is 17.2 Å². The Bertz CT molecular complexity index is 2240. The summed E-state index contributed by atoms with van der Waals surface area (Å²) in [4.78, 5) is 18.6. The Balaban J connectivity index is 0.000000206. The van der Waals surface area contributed by atoms with Gasteiger partial charge in [0.25, 0.3) is 0 Å². The zero-order valence-corrected chi connectivity index (χ0v) is 33.8. The standard InChI is InChI=1S/C25H25F3N4O6.C18H18F3NO3/c1-24(15-31-14-22(32(33)34)29-23(31)38-24)16-35-18-4-2-17(3-5-18)30-12-10-20(11-13-30)36-19-6-8-21(9-7-19)37-25(26,27)28;19-18(20,21)25-17-7-5-15(6-8-17)24-16-9-11-22(12-10-16)13-1-3-14(23)4-2-13/h2-9,14,20H,10-13,15-16H2,1H3;1-8,16,23H,9-12H2/t24-;/m1./s1. The molecule has 5 aromatic rings. The van der Waals surface area contributed by atoms with Gasteiger partial charge in [0.15, 0.2) is 5.60 Å². The lowest BCUT2D eigenvalue weighted by Crippen LogP contribution is -2.38. The molecule has 2 fully saturated rings. The maximum absolute atomic E-state index is 12.3. The number of piperidine rings is 2. The molecule has 8 rings (SSSR count). The lowest BCUT2D eigenvalue weighted by molar-refractivity contribution is -0.389. The van der Waals surface area contributed by atoms with Gasteiger partial charge in [-0.1, -0.05) is 0 Å². The molecule has 1 aromatic heterocycles. The summed E-state index contributed by atoms with van der Waals surface area (Å²) in [6.45, 7) is 5.65. The van der Waals surface area contributed by atoms with E-state index in [0.717, 1.165) is 63.2 Å². The molecule has 0 spiro atoms. The minimum atomic E-state index is -4.72. The Labute approximate surface area is 357 Å². The molecule has 20 heteroatoms. The number of hydrogen-bond donors (Lipinski definition) is 1. The Kier molecular flexibility index (Phi) is 13.2. The summed E-state index contributed by atoms with van der Waals surface area (Å²) < 4.78 is 106. The molecule has 1 N–H and O–H groups in total. The first-order valence-electron chi connectivity index (χ1n) is 19.9. The number of fused-ring (bicyclic) bond motifs is 1. The fourth-order valence-electron chi connectivity index (χ4n) is 7.30. The molecule has 4 heterocycles. The van der Waals surface area contributed by atoms with Crippen molar-refractivity contribution in [2.45, 2.75) is 69.7 Å². The molecular weight excluding hydrogens is 844 g/mol. The Hall–Kier alpha value is -6.73. The SMILES string of the molecule is C[C@]1(COc2ccc(N3CCC(Oc4ccc(OC(F)(F)F)cc4)CC3)cc2)Cn2cc([N+](=O)[O-])nc2O1.Oc1ccc(N2CCC(Oc3ccc(OC(F)(F)F)cc3)CC2)cc1. The molecule has 14 nitrogen and oxygen atoms in total. The van der Waals surface area contributed by atoms with Crippen molar-refractivity contribution in [1.82, 2.24) is 9.55 Å². The monoisotopic (exact) mass is 887 g/mol. The van der Waals surface area contributed by atoms with Gasteiger partial charge in [0.1, 0.15) is 59.5 Å². The van der Waals surface area contributed by atoms with Crippen LogP contribution in [0.4, 0.5) is 43.5 Å². The van der Waals surface area contributed by atoms with Gasteiger partial charge in [0.2, 0.25) is 0 Å². The van der Waals surface area contributed by atoms with Crippen LogP contribution in [0.25, 0.3) is 0 Å². The average Bonchev–Trinajstić information content (AvgIpc) is 3.78. The van der Waals surface area contributed by atoms with E-state index >= 15 is 0 Å². The fraction of sp³-hybridized carbons (Fsp3) is 0.372. The van der Waals surface area contributed by atoms with Gasteiger partial charge in [-0.3, -0.25) is 4.57 Å². The quantitative estimate of drug-likeness (QED) is 0.0725. The number of phenolic OH excluding ortho intramolecular Hbond substituents is 1. The predicted octanol–water partition coefficient (Wildman–Crippen LogP) is 9.31. The number of nitrogens with zero attached hydrogens (tertiary/aromatic N) is 5. The minimum absolute atomic E-state index is 0.0164.